The van der Waals surface area contributed by atoms with E-state index in [0.29, 0.717) is 10.6 Å². The van der Waals surface area contributed by atoms with E-state index in [1.807, 2.05) is 0 Å². The van der Waals surface area contributed by atoms with Gasteiger partial charge in [0.25, 0.3) is 15.9 Å². The van der Waals surface area contributed by atoms with Crippen LogP contribution in [-0.4, -0.2) is 19.3 Å². The van der Waals surface area contributed by atoms with E-state index >= 15 is 0 Å². The van der Waals surface area contributed by atoms with Crippen molar-refractivity contribution in [3.8, 4) is 0 Å². The first-order valence-electron chi connectivity index (χ1n) is 8.11. The van der Waals surface area contributed by atoms with E-state index in [4.69, 9.17) is 0 Å². The van der Waals surface area contributed by atoms with Crippen LogP contribution in [0.4, 0.5) is 18.2 Å². The average Bonchev–Trinajstić information content (AvgIpc) is 3.18. The van der Waals surface area contributed by atoms with Gasteiger partial charge >= 0.3 is 6.18 Å². The van der Waals surface area contributed by atoms with Crippen LogP contribution in [-0.2, 0) is 22.7 Å². The first-order chi connectivity index (χ1) is 13.6. The number of carbonyl (C=O) groups is 1. The van der Waals surface area contributed by atoms with Crippen molar-refractivity contribution < 1.29 is 26.4 Å². The molecule has 3 rings (SSSR count). The standard InChI is InChI=1S/C18H14F3N3O3S2/c19-18(20,21)14-5-1-12(2-6-14)9-23-17(25)13-3-7-15(8-4-13)29(26,27)24-16-10-22-11-28-16/h1-8,10-11,24H,9H2,(H,23,25). The van der Waals surface area contributed by atoms with Gasteiger partial charge in [0, 0.05) is 12.1 Å². The summed E-state index contributed by atoms with van der Waals surface area (Å²) >= 11 is 1.13. The van der Waals surface area contributed by atoms with E-state index in [2.05, 4.69) is 15.0 Å². The summed E-state index contributed by atoms with van der Waals surface area (Å²) in [6, 6.07) is 9.72. The van der Waals surface area contributed by atoms with E-state index in [-0.39, 0.29) is 17.0 Å². The van der Waals surface area contributed by atoms with Crippen LogP contribution >= 0.6 is 11.3 Å². The lowest BCUT2D eigenvalue weighted by atomic mass is 10.1. The lowest BCUT2D eigenvalue weighted by molar-refractivity contribution is -0.137. The number of rotatable bonds is 6. The molecular weight excluding hydrogens is 427 g/mol. The Morgan fingerprint density at radius 2 is 1.69 bits per heavy atom. The van der Waals surface area contributed by atoms with Gasteiger partial charge in [0.1, 0.15) is 5.00 Å². The van der Waals surface area contributed by atoms with Gasteiger partial charge in [0.2, 0.25) is 0 Å². The van der Waals surface area contributed by atoms with Crippen molar-refractivity contribution >= 4 is 32.3 Å². The highest BCUT2D eigenvalue weighted by Gasteiger charge is 2.29. The molecule has 0 saturated heterocycles. The van der Waals surface area contributed by atoms with Crippen molar-refractivity contribution in [2.24, 2.45) is 0 Å². The van der Waals surface area contributed by atoms with Crippen molar-refractivity contribution in [1.29, 1.82) is 0 Å². The molecule has 0 bridgehead atoms. The third-order valence-electron chi connectivity index (χ3n) is 3.83. The fourth-order valence-corrected chi connectivity index (χ4v) is 4.15. The summed E-state index contributed by atoms with van der Waals surface area (Å²) in [6.07, 6.45) is -3.04. The van der Waals surface area contributed by atoms with Crippen LogP contribution in [0.1, 0.15) is 21.5 Å². The number of alkyl halides is 3. The summed E-state index contributed by atoms with van der Waals surface area (Å²) in [5, 5.41) is 2.94. The molecule has 2 aromatic carbocycles. The van der Waals surface area contributed by atoms with Crippen LogP contribution in [0.5, 0.6) is 0 Å². The Bertz CT molecular complexity index is 1080. The molecule has 6 nitrogen and oxygen atoms in total. The summed E-state index contributed by atoms with van der Waals surface area (Å²) in [6.45, 7) is 0.0317. The number of benzene rings is 2. The summed E-state index contributed by atoms with van der Waals surface area (Å²) in [5.74, 6) is -0.482. The Labute approximate surface area is 168 Å². The summed E-state index contributed by atoms with van der Waals surface area (Å²) in [5.41, 5.74) is 1.44. The van der Waals surface area contributed by atoms with Gasteiger partial charge in [-0.05, 0) is 42.0 Å². The third kappa shape index (κ3) is 5.33. The lowest BCUT2D eigenvalue weighted by Gasteiger charge is -2.09. The van der Waals surface area contributed by atoms with E-state index in [0.717, 1.165) is 23.5 Å². The molecule has 3 aromatic rings. The van der Waals surface area contributed by atoms with Crippen LogP contribution in [0.2, 0.25) is 0 Å². The van der Waals surface area contributed by atoms with E-state index in [9.17, 15) is 26.4 Å². The highest BCUT2D eigenvalue weighted by atomic mass is 32.2. The molecule has 1 amide bonds. The largest absolute Gasteiger partial charge is 0.416 e. The number of aromatic nitrogens is 1. The summed E-state index contributed by atoms with van der Waals surface area (Å²) < 4.78 is 64.6. The Kier molecular flexibility index (Phi) is 5.89. The maximum absolute atomic E-state index is 12.6. The molecule has 0 aliphatic rings. The molecule has 1 aromatic heterocycles. The van der Waals surface area contributed by atoms with Gasteiger partial charge in [-0.1, -0.05) is 12.1 Å². The monoisotopic (exact) mass is 441 g/mol. The molecule has 0 unspecified atom stereocenters. The van der Waals surface area contributed by atoms with Crippen LogP contribution in [0.25, 0.3) is 0 Å². The van der Waals surface area contributed by atoms with Crippen LogP contribution < -0.4 is 10.0 Å². The third-order valence-corrected chi connectivity index (χ3v) is 6.03. The minimum Gasteiger partial charge on any atom is -0.348 e. The number of hydrogen-bond donors (Lipinski definition) is 2. The SMILES string of the molecule is O=C(NCc1ccc(C(F)(F)F)cc1)c1ccc(S(=O)(=O)Nc2cncs2)cc1. The molecule has 0 spiro atoms. The van der Waals surface area contributed by atoms with Gasteiger partial charge in [-0.3, -0.25) is 14.5 Å². The summed E-state index contributed by atoms with van der Waals surface area (Å²) in [4.78, 5) is 16.0. The predicted molar refractivity (Wildman–Crippen MR) is 102 cm³/mol. The number of amides is 1. The first kappa shape index (κ1) is 20.8. The molecule has 2 N–H and O–H groups in total. The number of thiazole rings is 1. The van der Waals surface area contributed by atoms with E-state index in [1.54, 1.807) is 0 Å². The van der Waals surface area contributed by atoms with Crippen LogP contribution in [0.3, 0.4) is 0 Å². The average molecular weight is 441 g/mol. The van der Waals surface area contributed by atoms with Crippen molar-refractivity contribution in [3.63, 3.8) is 0 Å². The molecule has 0 fully saturated rings. The molecule has 29 heavy (non-hydrogen) atoms. The second-order valence-corrected chi connectivity index (χ2v) is 8.44. The second kappa shape index (κ2) is 8.21. The van der Waals surface area contributed by atoms with Crippen LogP contribution in [0.15, 0.2) is 65.1 Å². The van der Waals surface area contributed by atoms with E-state index in [1.165, 1.54) is 48.1 Å². The van der Waals surface area contributed by atoms with Crippen molar-refractivity contribution in [3.05, 3.63) is 76.9 Å². The van der Waals surface area contributed by atoms with Gasteiger partial charge in [0.15, 0.2) is 0 Å². The van der Waals surface area contributed by atoms with Crippen LogP contribution in [0, 0.1) is 0 Å². The highest BCUT2D eigenvalue weighted by Crippen LogP contribution is 2.29. The molecule has 0 radical (unpaired) electrons. The van der Waals surface area contributed by atoms with Gasteiger partial charge < -0.3 is 5.32 Å². The van der Waals surface area contributed by atoms with Crippen molar-refractivity contribution in [2.75, 3.05) is 4.72 Å². The molecule has 1 heterocycles. The van der Waals surface area contributed by atoms with Gasteiger partial charge in [-0.15, -0.1) is 11.3 Å². The molecular formula is C18H14F3N3O3S2. The fraction of sp³-hybridized carbons (Fsp3) is 0.111. The number of sulfonamides is 1. The number of nitrogens with one attached hydrogen (secondary N) is 2. The highest BCUT2D eigenvalue weighted by molar-refractivity contribution is 7.93. The lowest BCUT2D eigenvalue weighted by Crippen LogP contribution is -2.23. The van der Waals surface area contributed by atoms with Gasteiger partial charge in [-0.2, -0.15) is 13.2 Å². The Balaban J connectivity index is 1.62. The quantitative estimate of drug-likeness (QED) is 0.608. The number of halogens is 3. The summed E-state index contributed by atoms with van der Waals surface area (Å²) in [7, 11) is -3.80. The first-order valence-corrected chi connectivity index (χ1v) is 10.5. The van der Waals surface area contributed by atoms with Gasteiger partial charge in [0.05, 0.1) is 22.2 Å². The Hall–Kier alpha value is -2.92. The number of hydrogen-bond acceptors (Lipinski definition) is 5. The second-order valence-electron chi connectivity index (χ2n) is 5.87. The van der Waals surface area contributed by atoms with Crippen molar-refractivity contribution in [2.45, 2.75) is 17.6 Å². The number of carbonyl (C=O) groups excluding carboxylic acids is 1. The zero-order valence-corrected chi connectivity index (χ0v) is 16.2. The number of anilines is 1. The molecule has 0 saturated carbocycles. The topological polar surface area (TPSA) is 88.2 Å². The fourth-order valence-electron chi connectivity index (χ4n) is 2.34. The van der Waals surface area contributed by atoms with Crippen molar-refractivity contribution in [1.82, 2.24) is 10.3 Å². The maximum Gasteiger partial charge on any atom is 0.416 e. The Morgan fingerprint density at radius 3 is 2.24 bits per heavy atom. The number of nitrogens with zero attached hydrogens (tertiary/aromatic N) is 1. The molecule has 11 heteroatoms. The molecule has 0 atom stereocenters. The van der Waals surface area contributed by atoms with Gasteiger partial charge in [-0.25, -0.2) is 8.42 Å². The molecule has 0 aliphatic carbocycles. The normalized spacial score (nSPS) is 11.8. The minimum atomic E-state index is -4.42. The van der Waals surface area contributed by atoms with E-state index < -0.39 is 27.7 Å². The molecule has 0 aliphatic heterocycles. The zero-order valence-electron chi connectivity index (χ0n) is 14.6. The smallest absolute Gasteiger partial charge is 0.348 e. The maximum atomic E-state index is 12.6. The Morgan fingerprint density at radius 1 is 1.03 bits per heavy atom. The predicted octanol–water partition coefficient (Wildman–Crippen LogP) is 3.89. The molecule has 152 valence electrons. The minimum absolute atomic E-state index is 0.0230. The zero-order chi connectivity index (χ0) is 21.1.